The van der Waals surface area contributed by atoms with Crippen molar-refractivity contribution in [1.29, 1.82) is 0 Å². The van der Waals surface area contributed by atoms with Crippen molar-refractivity contribution in [3.05, 3.63) is 0 Å². The molecule has 232 valence electrons. The average Bonchev–Trinajstić information content (AvgIpc) is 2.93. The van der Waals surface area contributed by atoms with Gasteiger partial charge < -0.3 is 53.3 Å². The Morgan fingerprint density at radius 3 is 1.44 bits per heavy atom. The molecule has 0 aliphatic carbocycles. The van der Waals surface area contributed by atoms with Gasteiger partial charge in [0, 0.05) is 39.6 Å². The Kier molecular flexibility index (Phi) is 25.8. The molecule has 0 fully saturated rings. The van der Waals surface area contributed by atoms with Crippen molar-refractivity contribution in [3.8, 4) is 0 Å². The molecule has 0 rings (SSSR count). The Bertz CT molecular complexity index is 586. The lowest BCUT2D eigenvalue weighted by Gasteiger charge is -2.15. The molecule has 2 N–H and O–H groups in total. The molecule has 0 heterocycles. The van der Waals surface area contributed by atoms with Crippen LogP contribution in [0.2, 0.25) is 0 Å². The molecule has 0 aliphatic rings. The van der Waals surface area contributed by atoms with Crippen LogP contribution in [0.3, 0.4) is 0 Å². The summed E-state index contributed by atoms with van der Waals surface area (Å²) in [5.74, 6) is -0.502. The Hall–Kier alpha value is -1.42. The van der Waals surface area contributed by atoms with Gasteiger partial charge in [0.1, 0.15) is 0 Å². The molecule has 0 aromatic heterocycles. The normalized spacial score (nSPS) is 14.5. The maximum Gasteiger partial charge on any atom is 0.222 e. The van der Waals surface area contributed by atoms with Crippen LogP contribution in [0.5, 0.6) is 0 Å². The van der Waals surface area contributed by atoms with Crippen LogP contribution in [0.15, 0.2) is 0 Å². The van der Waals surface area contributed by atoms with Crippen LogP contribution in [-0.4, -0.2) is 124 Å². The average molecular weight is 569 g/mol. The van der Waals surface area contributed by atoms with Crippen molar-refractivity contribution >= 4 is 11.8 Å². The zero-order valence-electron chi connectivity index (χ0n) is 24.7. The third-order valence-electron chi connectivity index (χ3n) is 5.35. The van der Waals surface area contributed by atoms with Gasteiger partial charge in [-0.15, -0.1) is 0 Å². The number of rotatable bonds is 28. The summed E-state index contributed by atoms with van der Waals surface area (Å²) in [6.07, 6.45) is -0.166. The minimum Gasteiger partial charge on any atom is -0.377 e. The highest BCUT2D eigenvalue weighted by atomic mass is 16.7. The van der Waals surface area contributed by atoms with Crippen molar-refractivity contribution in [3.63, 3.8) is 0 Å². The predicted molar refractivity (Wildman–Crippen MR) is 143 cm³/mol. The SMILES string of the molecule is COC(C)OCCOCCNC(=O)CCC(C)C(=O)NCCOCCOC(C)OCCOCCOC(C)OC. The van der Waals surface area contributed by atoms with E-state index in [2.05, 4.69) is 10.6 Å². The van der Waals surface area contributed by atoms with E-state index in [-0.39, 0.29) is 43.0 Å². The zero-order chi connectivity index (χ0) is 29.1. The monoisotopic (exact) mass is 568 g/mol. The topological polar surface area (TPSA) is 141 Å². The van der Waals surface area contributed by atoms with E-state index in [9.17, 15) is 9.59 Å². The molecule has 0 spiro atoms. The fourth-order valence-corrected chi connectivity index (χ4v) is 2.83. The van der Waals surface area contributed by atoms with Gasteiger partial charge in [-0.1, -0.05) is 6.92 Å². The summed E-state index contributed by atoms with van der Waals surface area (Å²) in [6, 6.07) is 0. The summed E-state index contributed by atoms with van der Waals surface area (Å²) in [6.45, 7) is 12.1. The van der Waals surface area contributed by atoms with E-state index in [1.54, 1.807) is 35.0 Å². The first-order chi connectivity index (χ1) is 18.8. The molecular formula is C26H52N2O11. The summed E-state index contributed by atoms with van der Waals surface area (Å²) in [7, 11) is 3.16. The zero-order valence-corrected chi connectivity index (χ0v) is 24.7. The highest BCUT2D eigenvalue weighted by Crippen LogP contribution is 2.05. The van der Waals surface area contributed by atoms with Crippen LogP contribution in [-0.2, 0) is 52.2 Å². The summed E-state index contributed by atoms with van der Waals surface area (Å²) < 4.78 is 47.8. The Labute approximate surface area is 233 Å². The van der Waals surface area contributed by atoms with E-state index in [1.165, 1.54) is 0 Å². The largest absolute Gasteiger partial charge is 0.377 e. The fourth-order valence-electron chi connectivity index (χ4n) is 2.83. The third kappa shape index (κ3) is 25.3. The van der Waals surface area contributed by atoms with Crippen LogP contribution in [0, 0.1) is 5.92 Å². The Balaban J connectivity index is 3.54. The van der Waals surface area contributed by atoms with Crippen molar-refractivity contribution < 1.29 is 52.2 Å². The Morgan fingerprint density at radius 2 is 0.974 bits per heavy atom. The first kappa shape index (κ1) is 37.6. The van der Waals surface area contributed by atoms with Gasteiger partial charge in [-0.2, -0.15) is 0 Å². The molecule has 4 unspecified atom stereocenters. The molecule has 0 aromatic rings. The van der Waals surface area contributed by atoms with Crippen molar-refractivity contribution in [2.45, 2.75) is 59.4 Å². The molecule has 39 heavy (non-hydrogen) atoms. The molecule has 0 saturated carbocycles. The number of hydrogen-bond donors (Lipinski definition) is 2. The fraction of sp³-hybridized carbons (Fsp3) is 0.923. The lowest BCUT2D eigenvalue weighted by Crippen LogP contribution is -2.33. The number of carbonyl (C=O) groups excluding carboxylic acids is 2. The standard InChI is InChI=1S/C26H52N2O11/c1-21(7-8-25(29)27-9-11-33-13-17-36-22(2)31-5)26(30)28-10-12-34-14-19-38-24(4)39-20-16-35-15-18-37-23(3)32-6/h21-24H,7-20H2,1-6H3,(H,27,29)(H,28,30). The highest BCUT2D eigenvalue weighted by Gasteiger charge is 2.14. The first-order valence-corrected chi connectivity index (χ1v) is 13.6. The second-order valence-corrected chi connectivity index (χ2v) is 8.58. The first-order valence-electron chi connectivity index (χ1n) is 13.6. The number of ether oxygens (including phenoxy) is 9. The lowest BCUT2D eigenvalue weighted by molar-refractivity contribution is -0.151. The maximum absolute atomic E-state index is 12.2. The van der Waals surface area contributed by atoms with Gasteiger partial charge in [0.15, 0.2) is 18.9 Å². The molecule has 0 aliphatic heterocycles. The molecule has 4 atom stereocenters. The second-order valence-electron chi connectivity index (χ2n) is 8.58. The highest BCUT2D eigenvalue weighted by molar-refractivity contribution is 5.80. The smallest absolute Gasteiger partial charge is 0.222 e. The molecular weight excluding hydrogens is 516 g/mol. The minimum absolute atomic E-state index is 0.111. The van der Waals surface area contributed by atoms with Crippen LogP contribution < -0.4 is 10.6 Å². The maximum atomic E-state index is 12.2. The van der Waals surface area contributed by atoms with E-state index >= 15 is 0 Å². The quantitative estimate of drug-likeness (QED) is 0.103. The molecule has 13 nitrogen and oxygen atoms in total. The molecule has 0 saturated heterocycles. The summed E-state index contributed by atoms with van der Waals surface area (Å²) in [5.41, 5.74) is 0. The molecule has 0 bridgehead atoms. The molecule has 0 radical (unpaired) electrons. The van der Waals surface area contributed by atoms with Gasteiger partial charge in [-0.05, 0) is 27.2 Å². The molecule has 2 amide bonds. The van der Waals surface area contributed by atoms with E-state index in [0.717, 1.165) is 0 Å². The van der Waals surface area contributed by atoms with E-state index in [4.69, 9.17) is 42.6 Å². The van der Waals surface area contributed by atoms with Crippen molar-refractivity contribution in [2.75, 3.05) is 93.4 Å². The van der Waals surface area contributed by atoms with Gasteiger partial charge >= 0.3 is 0 Å². The number of nitrogens with one attached hydrogen (secondary N) is 2. The van der Waals surface area contributed by atoms with Gasteiger partial charge in [-0.3, -0.25) is 9.59 Å². The number of carbonyl (C=O) groups is 2. The van der Waals surface area contributed by atoms with E-state index < -0.39 is 0 Å². The van der Waals surface area contributed by atoms with Gasteiger partial charge in [0.25, 0.3) is 0 Å². The van der Waals surface area contributed by atoms with Crippen LogP contribution in [0.25, 0.3) is 0 Å². The van der Waals surface area contributed by atoms with E-state index in [0.29, 0.717) is 85.6 Å². The number of amides is 2. The van der Waals surface area contributed by atoms with Crippen LogP contribution in [0.1, 0.15) is 40.5 Å². The second kappa shape index (κ2) is 26.8. The van der Waals surface area contributed by atoms with Crippen molar-refractivity contribution in [1.82, 2.24) is 10.6 Å². The summed E-state index contributed by atoms with van der Waals surface area (Å²) in [5, 5.41) is 5.59. The number of methoxy groups -OCH3 is 2. The summed E-state index contributed by atoms with van der Waals surface area (Å²) in [4.78, 5) is 24.1. The van der Waals surface area contributed by atoms with Crippen molar-refractivity contribution in [2.24, 2.45) is 5.92 Å². The van der Waals surface area contributed by atoms with Crippen LogP contribution in [0.4, 0.5) is 0 Å². The predicted octanol–water partition coefficient (Wildman–Crippen LogP) is 1.08. The molecule has 13 heteroatoms. The Morgan fingerprint density at radius 1 is 0.564 bits per heavy atom. The van der Waals surface area contributed by atoms with E-state index in [1.807, 2.05) is 6.92 Å². The summed E-state index contributed by atoms with van der Waals surface area (Å²) >= 11 is 0. The van der Waals surface area contributed by atoms with Crippen LogP contribution >= 0.6 is 0 Å². The van der Waals surface area contributed by atoms with Gasteiger partial charge in [-0.25, -0.2) is 0 Å². The molecule has 0 aromatic carbocycles. The van der Waals surface area contributed by atoms with Gasteiger partial charge in [0.2, 0.25) is 11.8 Å². The van der Waals surface area contributed by atoms with Gasteiger partial charge in [0.05, 0.1) is 66.1 Å². The third-order valence-corrected chi connectivity index (χ3v) is 5.35. The number of hydrogen-bond acceptors (Lipinski definition) is 11. The minimum atomic E-state index is -0.378. The lowest BCUT2D eigenvalue weighted by atomic mass is 10.0.